The van der Waals surface area contributed by atoms with Crippen LogP contribution in [0.25, 0.3) is 0 Å². The van der Waals surface area contributed by atoms with E-state index in [4.69, 9.17) is 16.3 Å². The van der Waals surface area contributed by atoms with Gasteiger partial charge in [0.2, 0.25) is 12.0 Å². The lowest BCUT2D eigenvalue weighted by molar-refractivity contribution is -0.113. The highest BCUT2D eigenvalue weighted by Gasteiger charge is 2.25. The first-order valence-corrected chi connectivity index (χ1v) is 8.88. The van der Waals surface area contributed by atoms with Crippen molar-refractivity contribution in [3.05, 3.63) is 12.7 Å². The normalized spacial score (nSPS) is 16.5. The molecule has 0 fully saturated rings. The van der Waals surface area contributed by atoms with E-state index in [0.717, 1.165) is 12.8 Å². The number of nitrogens with zero attached hydrogens (tertiary/aromatic N) is 1. The van der Waals surface area contributed by atoms with Crippen LogP contribution in [0.1, 0.15) is 20.3 Å². The Morgan fingerprint density at radius 2 is 2.33 bits per heavy atom. The van der Waals surface area contributed by atoms with Gasteiger partial charge in [-0.25, -0.2) is 0 Å². The average molecular weight is 267 g/mol. The van der Waals surface area contributed by atoms with Gasteiger partial charge in [-0.1, -0.05) is 31.3 Å². The maximum Gasteiger partial charge on any atom is 0.215 e. The second kappa shape index (κ2) is 7.44. The monoisotopic (exact) mass is 267 g/mol. The molecule has 0 rings (SSSR count). The van der Waals surface area contributed by atoms with Crippen LogP contribution in [-0.4, -0.2) is 30.0 Å². The zero-order valence-corrected chi connectivity index (χ0v) is 11.9. The number of carbonyl (C=O) groups is 1. The molecule has 3 nitrogen and oxygen atoms in total. The van der Waals surface area contributed by atoms with E-state index in [1.165, 1.54) is 4.67 Å². The van der Waals surface area contributed by atoms with Gasteiger partial charge in [0.1, 0.15) is 0 Å². The highest BCUT2D eigenvalue weighted by atomic mass is 32.9. The molecule has 2 unspecified atom stereocenters. The summed E-state index contributed by atoms with van der Waals surface area (Å²) >= 11 is 7.00. The molecule has 0 saturated heterocycles. The van der Waals surface area contributed by atoms with Crippen molar-refractivity contribution in [2.24, 2.45) is 0 Å². The van der Waals surface area contributed by atoms with Crippen molar-refractivity contribution < 1.29 is 9.32 Å². The molecule has 0 saturated carbocycles. The number of amides is 1. The van der Waals surface area contributed by atoms with E-state index in [2.05, 4.69) is 20.4 Å². The van der Waals surface area contributed by atoms with Crippen LogP contribution in [0.3, 0.4) is 0 Å². The fourth-order valence-electron chi connectivity index (χ4n) is 0.702. The smallest absolute Gasteiger partial charge is 0.215 e. The van der Waals surface area contributed by atoms with Crippen molar-refractivity contribution in [3.63, 3.8) is 0 Å². The Morgan fingerprint density at radius 1 is 1.73 bits per heavy atom. The van der Waals surface area contributed by atoms with Gasteiger partial charge in [0.05, 0.1) is 6.61 Å². The first-order chi connectivity index (χ1) is 7.00. The Hall–Kier alpha value is 0.170. The summed E-state index contributed by atoms with van der Waals surface area (Å²) in [6, 6.07) is 0. The molecular formula is C9H18NO2PS2. The topological polar surface area (TPSA) is 29.5 Å². The van der Waals surface area contributed by atoms with Crippen molar-refractivity contribution in [2.75, 3.05) is 13.7 Å². The Balaban J connectivity index is 4.61. The van der Waals surface area contributed by atoms with E-state index in [1.807, 2.05) is 0 Å². The van der Waals surface area contributed by atoms with Crippen molar-refractivity contribution >= 4 is 35.2 Å². The first kappa shape index (κ1) is 15.2. The highest BCUT2D eigenvalue weighted by molar-refractivity contribution is 8.68. The molecule has 88 valence electrons. The van der Waals surface area contributed by atoms with Crippen molar-refractivity contribution in [1.29, 1.82) is 0 Å². The van der Waals surface area contributed by atoms with Crippen molar-refractivity contribution in [3.8, 4) is 0 Å². The molecule has 0 aromatic heterocycles. The van der Waals surface area contributed by atoms with Gasteiger partial charge in [-0.2, -0.15) is 0 Å². The van der Waals surface area contributed by atoms with Gasteiger partial charge in [0.15, 0.2) is 0 Å². The first-order valence-electron chi connectivity index (χ1n) is 4.72. The van der Waals surface area contributed by atoms with Gasteiger partial charge in [0.25, 0.3) is 0 Å². The molecule has 0 aliphatic carbocycles. The summed E-state index contributed by atoms with van der Waals surface area (Å²) in [7, 11) is 1.67. The van der Waals surface area contributed by atoms with Crippen LogP contribution in [0.15, 0.2) is 12.7 Å². The molecule has 0 radical (unpaired) electrons. The minimum Gasteiger partial charge on any atom is -0.322 e. The third-order valence-corrected chi connectivity index (χ3v) is 8.92. The van der Waals surface area contributed by atoms with E-state index in [-0.39, 0.29) is 0 Å². The maximum absolute atomic E-state index is 10.8. The summed E-state index contributed by atoms with van der Waals surface area (Å²) in [5, 5.41) is 0.392. The molecule has 15 heavy (non-hydrogen) atoms. The lowest BCUT2D eigenvalue weighted by atomic mass is 10.4. The summed E-state index contributed by atoms with van der Waals surface area (Å²) in [5.74, 6) is 0. The number of hydrogen-bond donors (Lipinski definition) is 0. The van der Waals surface area contributed by atoms with E-state index in [0.29, 0.717) is 11.9 Å². The molecule has 1 amide bonds. The zero-order valence-electron chi connectivity index (χ0n) is 9.38. The molecule has 0 N–H and O–H groups in total. The zero-order chi connectivity index (χ0) is 11.9. The predicted octanol–water partition coefficient (Wildman–Crippen LogP) is 3.03. The molecule has 0 aliphatic heterocycles. The third-order valence-electron chi connectivity index (χ3n) is 1.78. The largest absolute Gasteiger partial charge is 0.322 e. The summed E-state index contributed by atoms with van der Waals surface area (Å²) in [6.07, 6.45) is 3.39. The summed E-state index contributed by atoms with van der Waals surface area (Å²) in [4.78, 5) is 10.8. The van der Waals surface area contributed by atoms with Gasteiger partial charge < -0.3 is 4.52 Å². The molecule has 0 aromatic carbocycles. The van der Waals surface area contributed by atoms with Crippen molar-refractivity contribution in [2.45, 2.75) is 25.5 Å². The van der Waals surface area contributed by atoms with Gasteiger partial charge in [-0.05, 0) is 18.2 Å². The Morgan fingerprint density at radius 3 is 2.73 bits per heavy atom. The van der Waals surface area contributed by atoms with Crippen LogP contribution >= 0.6 is 17.0 Å². The van der Waals surface area contributed by atoms with Crippen LogP contribution in [-0.2, 0) is 21.1 Å². The van der Waals surface area contributed by atoms with Crippen LogP contribution in [0.5, 0.6) is 0 Å². The quantitative estimate of drug-likeness (QED) is 0.384. The van der Waals surface area contributed by atoms with Gasteiger partial charge in [-0.15, -0.1) is 6.58 Å². The Bertz CT molecular complexity index is 260. The lowest BCUT2D eigenvalue weighted by Gasteiger charge is -2.29. The number of carbonyl (C=O) groups excluding carboxylic acids is 1. The second-order valence-electron chi connectivity index (χ2n) is 3.06. The molecular weight excluding hydrogens is 249 g/mol. The van der Waals surface area contributed by atoms with Gasteiger partial charge in [0, 0.05) is 12.3 Å². The summed E-state index contributed by atoms with van der Waals surface area (Å²) in [6.45, 7) is 8.14. The van der Waals surface area contributed by atoms with E-state index < -0.39 is 5.62 Å². The highest BCUT2D eigenvalue weighted by Crippen LogP contribution is 2.63. The summed E-state index contributed by atoms with van der Waals surface area (Å²) < 4.78 is 7.04. The fourth-order valence-corrected chi connectivity index (χ4v) is 6.47. The summed E-state index contributed by atoms with van der Waals surface area (Å²) in [5.41, 5.74) is -2.26. The molecule has 0 heterocycles. The van der Waals surface area contributed by atoms with E-state index in [1.54, 1.807) is 24.5 Å². The number of rotatable bonds is 8. The standard InChI is InChI=1S/C9H18NO2PS2/c1-5-7-12-13(14,10(4)8-11)15-9(3)6-2/h5,8-9H,1,6-7H2,2-4H3. The van der Waals surface area contributed by atoms with E-state index in [9.17, 15) is 4.79 Å². The van der Waals surface area contributed by atoms with Crippen LogP contribution < -0.4 is 0 Å². The van der Waals surface area contributed by atoms with Gasteiger partial charge >= 0.3 is 0 Å². The average Bonchev–Trinajstić information content (AvgIpc) is 2.24. The SMILES string of the molecule is C=CCOP(=S)(SC(C)CC)N(C)C=O. The molecule has 0 aromatic rings. The molecule has 2 atom stereocenters. The van der Waals surface area contributed by atoms with Crippen LogP contribution in [0.4, 0.5) is 0 Å². The molecule has 0 bridgehead atoms. The van der Waals surface area contributed by atoms with Crippen LogP contribution in [0, 0.1) is 0 Å². The second-order valence-corrected chi connectivity index (χ2v) is 10.2. The molecule has 0 aliphatic rings. The van der Waals surface area contributed by atoms with Crippen LogP contribution in [0.2, 0.25) is 0 Å². The van der Waals surface area contributed by atoms with Gasteiger partial charge in [-0.3, -0.25) is 9.46 Å². The number of hydrogen-bond acceptors (Lipinski definition) is 4. The Labute approximate surface area is 101 Å². The predicted molar refractivity (Wildman–Crippen MR) is 71.6 cm³/mol. The minimum atomic E-state index is -2.26. The molecule has 0 spiro atoms. The third kappa shape index (κ3) is 5.16. The fraction of sp³-hybridized carbons (Fsp3) is 0.667. The maximum atomic E-state index is 10.8. The Kier molecular flexibility index (Phi) is 7.53. The lowest BCUT2D eigenvalue weighted by Crippen LogP contribution is -2.14. The van der Waals surface area contributed by atoms with Crippen molar-refractivity contribution in [1.82, 2.24) is 4.67 Å². The van der Waals surface area contributed by atoms with E-state index >= 15 is 0 Å². The minimum absolute atomic E-state index is 0.388. The molecule has 6 heteroatoms.